The zero-order chi connectivity index (χ0) is 15.4. The smallest absolute Gasteiger partial charge is 0.168 e. The van der Waals surface area contributed by atoms with Gasteiger partial charge in [-0.3, -0.25) is 4.79 Å². The maximum Gasteiger partial charge on any atom is 0.168 e. The Bertz CT molecular complexity index is 662. The number of Topliss-reactive ketones (excluding diaryl/α,β-unsaturated/α-hetero) is 1. The zero-order valence-electron chi connectivity index (χ0n) is 12.6. The van der Waals surface area contributed by atoms with Crippen molar-refractivity contribution in [2.45, 2.75) is 6.92 Å². The van der Waals surface area contributed by atoms with Gasteiger partial charge in [0.2, 0.25) is 0 Å². The molecule has 2 aromatic rings. The molecular weight excluding hydrogens is 268 g/mol. The Labute approximate surface area is 124 Å². The summed E-state index contributed by atoms with van der Waals surface area (Å²) in [5, 5.41) is 0. The second-order valence-electron chi connectivity index (χ2n) is 4.52. The molecular formula is C17H18O4. The molecule has 0 atom stereocenters. The highest BCUT2D eigenvalue weighted by molar-refractivity contribution is 5.97. The second-order valence-corrected chi connectivity index (χ2v) is 4.52. The Morgan fingerprint density at radius 1 is 0.857 bits per heavy atom. The lowest BCUT2D eigenvalue weighted by Crippen LogP contribution is -2.00. The molecule has 0 fully saturated rings. The standard InChI is InChI=1S/C17H18O4/c1-11(18)12-9-14(17(21-4)16(10-12)20-3)13-7-5-6-8-15(13)19-2/h5-10H,1-4H3. The predicted octanol–water partition coefficient (Wildman–Crippen LogP) is 3.58. The molecule has 0 unspecified atom stereocenters. The van der Waals surface area contributed by atoms with Gasteiger partial charge in [0.25, 0.3) is 0 Å². The Kier molecular flexibility index (Phi) is 4.48. The van der Waals surface area contributed by atoms with Crippen molar-refractivity contribution in [3.05, 3.63) is 42.0 Å². The molecule has 2 rings (SSSR count). The Morgan fingerprint density at radius 3 is 2.10 bits per heavy atom. The van der Waals surface area contributed by atoms with Crippen LogP contribution in [0.25, 0.3) is 11.1 Å². The summed E-state index contributed by atoms with van der Waals surface area (Å²) in [6, 6.07) is 11.1. The first-order valence-electron chi connectivity index (χ1n) is 6.52. The molecule has 4 heteroatoms. The van der Waals surface area contributed by atoms with Gasteiger partial charge in [0.1, 0.15) is 5.75 Å². The number of carbonyl (C=O) groups is 1. The third-order valence-corrected chi connectivity index (χ3v) is 3.28. The summed E-state index contributed by atoms with van der Waals surface area (Å²) in [5.74, 6) is 1.77. The van der Waals surface area contributed by atoms with Crippen LogP contribution in [-0.4, -0.2) is 27.1 Å². The number of ketones is 1. The SMILES string of the molecule is COc1ccccc1-c1cc(C(C)=O)cc(OC)c1OC. The Hall–Kier alpha value is -2.49. The summed E-state index contributed by atoms with van der Waals surface area (Å²) in [4.78, 5) is 11.7. The van der Waals surface area contributed by atoms with Crippen LogP contribution in [-0.2, 0) is 0 Å². The minimum Gasteiger partial charge on any atom is -0.496 e. The van der Waals surface area contributed by atoms with E-state index in [1.807, 2.05) is 24.3 Å². The van der Waals surface area contributed by atoms with Crippen LogP contribution >= 0.6 is 0 Å². The average Bonchev–Trinajstić information content (AvgIpc) is 2.53. The molecule has 0 heterocycles. The van der Waals surface area contributed by atoms with Gasteiger partial charge in [-0.25, -0.2) is 0 Å². The van der Waals surface area contributed by atoms with Gasteiger partial charge in [-0.15, -0.1) is 0 Å². The number of hydrogen-bond acceptors (Lipinski definition) is 4. The van der Waals surface area contributed by atoms with E-state index < -0.39 is 0 Å². The van der Waals surface area contributed by atoms with Gasteiger partial charge in [-0.1, -0.05) is 18.2 Å². The first-order valence-corrected chi connectivity index (χ1v) is 6.52. The quantitative estimate of drug-likeness (QED) is 0.788. The molecule has 2 aromatic carbocycles. The van der Waals surface area contributed by atoms with Crippen molar-refractivity contribution < 1.29 is 19.0 Å². The van der Waals surface area contributed by atoms with Crippen LogP contribution in [0.5, 0.6) is 17.2 Å². The lowest BCUT2D eigenvalue weighted by molar-refractivity contribution is 0.101. The van der Waals surface area contributed by atoms with Crippen molar-refractivity contribution in [2.75, 3.05) is 21.3 Å². The van der Waals surface area contributed by atoms with Gasteiger partial charge in [0, 0.05) is 16.7 Å². The number of benzene rings is 2. The highest BCUT2D eigenvalue weighted by Crippen LogP contribution is 2.42. The summed E-state index contributed by atoms with van der Waals surface area (Å²) in [5.41, 5.74) is 2.17. The maximum atomic E-state index is 11.7. The van der Waals surface area contributed by atoms with Gasteiger partial charge >= 0.3 is 0 Å². The van der Waals surface area contributed by atoms with Crippen molar-refractivity contribution in [1.82, 2.24) is 0 Å². The van der Waals surface area contributed by atoms with Crippen LogP contribution in [0.3, 0.4) is 0 Å². The fourth-order valence-electron chi connectivity index (χ4n) is 2.23. The summed E-state index contributed by atoms with van der Waals surface area (Å²) >= 11 is 0. The number of rotatable bonds is 5. The van der Waals surface area contributed by atoms with Crippen LogP contribution < -0.4 is 14.2 Å². The van der Waals surface area contributed by atoms with E-state index >= 15 is 0 Å². The zero-order valence-corrected chi connectivity index (χ0v) is 12.6. The van der Waals surface area contributed by atoms with E-state index in [9.17, 15) is 4.79 Å². The molecule has 4 nitrogen and oxygen atoms in total. The molecule has 0 radical (unpaired) electrons. The van der Waals surface area contributed by atoms with Gasteiger partial charge in [-0.05, 0) is 25.1 Å². The van der Waals surface area contributed by atoms with Crippen molar-refractivity contribution in [2.24, 2.45) is 0 Å². The molecule has 0 amide bonds. The average molecular weight is 286 g/mol. The van der Waals surface area contributed by atoms with E-state index in [2.05, 4.69) is 0 Å². The minimum atomic E-state index is -0.0351. The van der Waals surface area contributed by atoms with E-state index in [4.69, 9.17) is 14.2 Å². The minimum absolute atomic E-state index is 0.0351. The number of methoxy groups -OCH3 is 3. The van der Waals surface area contributed by atoms with E-state index in [-0.39, 0.29) is 5.78 Å². The van der Waals surface area contributed by atoms with Crippen molar-refractivity contribution in [3.63, 3.8) is 0 Å². The molecule has 0 bridgehead atoms. The third kappa shape index (κ3) is 2.84. The fraction of sp³-hybridized carbons (Fsp3) is 0.235. The normalized spacial score (nSPS) is 10.1. The lowest BCUT2D eigenvalue weighted by Gasteiger charge is -2.16. The monoisotopic (exact) mass is 286 g/mol. The number of carbonyl (C=O) groups excluding carboxylic acids is 1. The van der Waals surface area contributed by atoms with Gasteiger partial charge in [0.05, 0.1) is 21.3 Å². The molecule has 0 aromatic heterocycles. The first kappa shape index (κ1) is 14.9. The predicted molar refractivity (Wildman–Crippen MR) is 81.5 cm³/mol. The van der Waals surface area contributed by atoms with Crippen LogP contribution in [0.2, 0.25) is 0 Å². The van der Waals surface area contributed by atoms with E-state index in [1.165, 1.54) is 6.92 Å². The van der Waals surface area contributed by atoms with Crippen LogP contribution in [0.15, 0.2) is 36.4 Å². The molecule has 0 spiro atoms. The molecule has 0 saturated carbocycles. The summed E-state index contributed by atoms with van der Waals surface area (Å²) < 4.78 is 16.2. The maximum absolute atomic E-state index is 11.7. The second kappa shape index (κ2) is 6.31. The highest BCUT2D eigenvalue weighted by atomic mass is 16.5. The molecule has 0 aliphatic carbocycles. The Morgan fingerprint density at radius 2 is 1.52 bits per heavy atom. The fourth-order valence-corrected chi connectivity index (χ4v) is 2.23. The third-order valence-electron chi connectivity index (χ3n) is 3.28. The molecule has 110 valence electrons. The summed E-state index contributed by atoms with van der Waals surface area (Å²) in [7, 11) is 4.73. The number of ether oxygens (including phenoxy) is 3. The summed E-state index contributed by atoms with van der Waals surface area (Å²) in [6.07, 6.45) is 0. The first-order chi connectivity index (χ1) is 10.1. The molecule has 0 N–H and O–H groups in total. The van der Waals surface area contributed by atoms with Crippen molar-refractivity contribution in [3.8, 4) is 28.4 Å². The summed E-state index contributed by atoms with van der Waals surface area (Å²) in [6.45, 7) is 1.52. The molecule has 0 aliphatic rings. The van der Waals surface area contributed by atoms with Gasteiger partial charge in [-0.2, -0.15) is 0 Å². The van der Waals surface area contributed by atoms with Crippen molar-refractivity contribution >= 4 is 5.78 Å². The van der Waals surface area contributed by atoms with Gasteiger partial charge in [0.15, 0.2) is 17.3 Å². The largest absolute Gasteiger partial charge is 0.496 e. The van der Waals surface area contributed by atoms with Crippen LogP contribution in [0, 0.1) is 0 Å². The molecule has 0 saturated heterocycles. The van der Waals surface area contributed by atoms with Crippen molar-refractivity contribution in [1.29, 1.82) is 0 Å². The molecule has 21 heavy (non-hydrogen) atoms. The van der Waals surface area contributed by atoms with E-state index in [0.29, 0.717) is 22.8 Å². The van der Waals surface area contributed by atoms with E-state index in [0.717, 1.165) is 11.1 Å². The van der Waals surface area contributed by atoms with Crippen LogP contribution in [0.4, 0.5) is 0 Å². The van der Waals surface area contributed by atoms with E-state index in [1.54, 1.807) is 33.5 Å². The topological polar surface area (TPSA) is 44.8 Å². The number of hydrogen-bond donors (Lipinski definition) is 0. The highest BCUT2D eigenvalue weighted by Gasteiger charge is 2.18. The number of para-hydroxylation sites is 1. The van der Waals surface area contributed by atoms with Gasteiger partial charge < -0.3 is 14.2 Å². The Balaban J connectivity index is 2.76. The molecule has 0 aliphatic heterocycles. The lowest BCUT2D eigenvalue weighted by atomic mass is 9.99. The van der Waals surface area contributed by atoms with Crippen LogP contribution in [0.1, 0.15) is 17.3 Å².